The molecule has 1 N–H and O–H groups in total. The van der Waals surface area contributed by atoms with Gasteiger partial charge in [0.05, 0.1) is 10.7 Å². The van der Waals surface area contributed by atoms with Crippen molar-refractivity contribution in [2.75, 3.05) is 5.32 Å². The van der Waals surface area contributed by atoms with Gasteiger partial charge in [-0.25, -0.2) is 4.98 Å². The minimum Gasteiger partial charge on any atom is -0.322 e. The molecule has 0 radical (unpaired) electrons. The highest BCUT2D eigenvalue weighted by atomic mass is 32.1. The van der Waals surface area contributed by atoms with Crippen molar-refractivity contribution in [2.24, 2.45) is 0 Å². The van der Waals surface area contributed by atoms with E-state index in [4.69, 9.17) is 0 Å². The van der Waals surface area contributed by atoms with E-state index < -0.39 is 0 Å². The molecule has 0 aliphatic rings. The quantitative estimate of drug-likeness (QED) is 0.763. The summed E-state index contributed by atoms with van der Waals surface area (Å²) in [5.41, 5.74) is 4.38. The van der Waals surface area contributed by atoms with Crippen molar-refractivity contribution >= 4 is 22.9 Å². The van der Waals surface area contributed by atoms with Crippen LogP contribution in [0, 0.1) is 13.8 Å². The minimum absolute atomic E-state index is 0.108. The van der Waals surface area contributed by atoms with Gasteiger partial charge >= 0.3 is 0 Å². The summed E-state index contributed by atoms with van der Waals surface area (Å²) in [4.78, 5) is 16.9. The number of hydrogen-bond donors (Lipinski definition) is 1. The van der Waals surface area contributed by atoms with Crippen LogP contribution in [0.2, 0.25) is 0 Å². The normalized spacial score (nSPS) is 10.5. The number of benzene rings is 2. The molecule has 0 aliphatic carbocycles. The number of carbonyl (C=O) groups is 1. The van der Waals surface area contributed by atoms with Gasteiger partial charge in [0.2, 0.25) is 0 Å². The molecule has 1 aromatic heterocycles. The molecular weight excluding hydrogens is 292 g/mol. The molecule has 0 saturated carbocycles. The van der Waals surface area contributed by atoms with Gasteiger partial charge in [0.15, 0.2) is 0 Å². The topological polar surface area (TPSA) is 42.0 Å². The lowest BCUT2D eigenvalue weighted by Gasteiger charge is -2.08. The maximum atomic E-state index is 12.4. The number of anilines is 1. The third kappa shape index (κ3) is 3.07. The number of carbonyl (C=O) groups excluding carboxylic acids is 1. The summed E-state index contributed by atoms with van der Waals surface area (Å²) >= 11 is 1.61. The number of aryl methyl sites for hydroxylation is 2. The zero-order valence-corrected chi connectivity index (χ0v) is 13.3. The largest absolute Gasteiger partial charge is 0.322 e. The fourth-order valence-corrected chi connectivity index (χ4v) is 2.85. The molecule has 0 bridgehead atoms. The predicted octanol–water partition coefficient (Wildman–Crippen LogP) is 4.68. The highest BCUT2D eigenvalue weighted by Crippen LogP contribution is 2.23. The molecule has 0 fully saturated rings. The monoisotopic (exact) mass is 308 g/mol. The van der Waals surface area contributed by atoms with Crippen molar-refractivity contribution in [1.29, 1.82) is 0 Å². The first-order valence-electron chi connectivity index (χ1n) is 7.03. The summed E-state index contributed by atoms with van der Waals surface area (Å²) in [6.07, 6.45) is 0. The van der Waals surface area contributed by atoms with Gasteiger partial charge in [-0.1, -0.05) is 30.3 Å². The van der Waals surface area contributed by atoms with E-state index in [1.54, 1.807) is 11.3 Å². The van der Waals surface area contributed by atoms with Crippen LogP contribution in [-0.2, 0) is 0 Å². The van der Waals surface area contributed by atoms with Crippen LogP contribution in [0.4, 0.5) is 5.69 Å². The van der Waals surface area contributed by atoms with Crippen LogP contribution in [0.15, 0.2) is 53.9 Å². The Kier molecular flexibility index (Phi) is 4.02. The zero-order valence-electron chi connectivity index (χ0n) is 12.5. The molecule has 1 amide bonds. The number of aromatic nitrogens is 1. The second-order valence-electron chi connectivity index (χ2n) is 5.10. The number of hydrogen-bond acceptors (Lipinski definition) is 3. The average molecular weight is 308 g/mol. The van der Waals surface area contributed by atoms with Crippen LogP contribution in [0.5, 0.6) is 0 Å². The Balaban J connectivity index is 1.86. The zero-order chi connectivity index (χ0) is 15.5. The Hall–Kier alpha value is -2.46. The fourth-order valence-electron chi connectivity index (χ4n) is 2.22. The molecule has 1 heterocycles. The smallest absolute Gasteiger partial charge is 0.255 e. The van der Waals surface area contributed by atoms with Crippen LogP contribution < -0.4 is 5.32 Å². The molecule has 3 aromatic rings. The van der Waals surface area contributed by atoms with E-state index in [0.717, 1.165) is 27.5 Å². The lowest BCUT2D eigenvalue weighted by atomic mass is 10.1. The minimum atomic E-state index is -0.108. The molecule has 110 valence electrons. The molecule has 0 spiro atoms. The van der Waals surface area contributed by atoms with Crippen molar-refractivity contribution in [3.8, 4) is 11.3 Å². The molecule has 3 nitrogen and oxygen atoms in total. The summed E-state index contributed by atoms with van der Waals surface area (Å²) in [7, 11) is 0. The predicted molar refractivity (Wildman–Crippen MR) is 91.4 cm³/mol. The Morgan fingerprint density at radius 2 is 1.91 bits per heavy atom. The first-order valence-corrected chi connectivity index (χ1v) is 7.91. The standard InChI is InChI=1S/C18H16N2OS/c1-12-6-3-4-9-16(12)20-18(21)15-8-5-7-14(10-15)17-11-22-13(2)19-17/h3-11H,1-2H3,(H,20,21). The molecular formula is C18H16N2OS. The number of thiazole rings is 1. The van der Waals surface area contributed by atoms with Crippen LogP contribution in [0.3, 0.4) is 0 Å². The van der Waals surface area contributed by atoms with E-state index in [-0.39, 0.29) is 5.91 Å². The molecule has 0 saturated heterocycles. The number of para-hydroxylation sites is 1. The first kappa shape index (κ1) is 14.5. The Morgan fingerprint density at radius 3 is 2.64 bits per heavy atom. The van der Waals surface area contributed by atoms with E-state index in [9.17, 15) is 4.79 Å². The Morgan fingerprint density at radius 1 is 1.09 bits per heavy atom. The van der Waals surface area contributed by atoms with E-state index in [1.165, 1.54) is 0 Å². The maximum Gasteiger partial charge on any atom is 0.255 e. The van der Waals surface area contributed by atoms with Gasteiger partial charge < -0.3 is 5.32 Å². The van der Waals surface area contributed by atoms with Gasteiger partial charge in [-0.2, -0.15) is 0 Å². The molecule has 0 atom stereocenters. The van der Waals surface area contributed by atoms with Crippen LogP contribution in [-0.4, -0.2) is 10.9 Å². The summed E-state index contributed by atoms with van der Waals surface area (Å²) in [6, 6.07) is 15.3. The number of nitrogens with one attached hydrogen (secondary N) is 1. The van der Waals surface area contributed by atoms with E-state index in [0.29, 0.717) is 5.56 Å². The number of rotatable bonds is 3. The van der Waals surface area contributed by atoms with Crippen LogP contribution in [0.25, 0.3) is 11.3 Å². The van der Waals surface area contributed by atoms with E-state index >= 15 is 0 Å². The van der Waals surface area contributed by atoms with Gasteiger partial charge in [-0.05, 0) is 37.6 Å². The SMILES string of the molecule is Cc1nc(-c2cccc(C(=O)Nc3ccccc3C)c2)cs1. The van der Waals surface area contributed by atoms with Crippen molar-refractivity contribution in [3.63, 3.8) is 0 Å². The summed E-state index contributed by atoms with van der Waals surface area (Å²) < 4.78 is 0. The van der Waals surface area contributed by atoms with E-state index in [1.807, 2.05) is 67.8 Å². The molecule has 2 aromatic carbocycles. The van der Waals surface area contributed by atoms with Crippen LogP contribution >= 0.6 is 11.3 Å². The van der Waals surface area contributed by atoms with E-state index in [2.05, 4.69) is 10.3 Å². The Labute approximate surface area is 133 Å². The van der Waals surface area contributed by atoms with Gasteiger partial charge in [-0.15, -0.1) is 11.3 Å². The molecule has 22 heavy (non-hydrogen) atoms. The third-order valence-electron chi connectivity index (χ3n) is 3.43. The van der Waals surface area contributed by atoms with Crippen molar-refractivity contribution in [1.82, 2.24) is 4.98 Å². The Bertz CT molecular complexity index is 823. The van der Waals surface area contributed by atoms with Crippen LogP contribution in [0.1, 0.15) is 20.9 Å². The number of amides is 1. The second kappa shape index (κ2) is 6.12. The second-order valence-corrected chi connectivity index (χ2v) is 6.16. The maximum absolute atomic E-state index is 12.4. The molecule has 4 heteroatoms. The lowest BCUT2D eigenvalue weighted by molar-refractivity contribution is 0.102. The summed E-state index contributed by atoms with van der Waals surface area (Å²) in [6.45, 7) is 3.95. The highest BCUT2D eigenvalue weighted by molar-refractivity contribution is 7.09. The fraction of sp³-hybridized carbons (Fsp3) is 0.111. The van der Waals surface area contributed by atoms with Crippen molar-refractivity contribution < 1.29 is 4.79 Å². The lowest BCUT2D eigenvalue weighted by Crippen LogP contribution is -2.12. The third-order valence-corrected chi connectivity index (χ3v) is 4.21. The molecule has 0 aliphatic heterocycles. The first-order chi connectivity index (χ1) is 10.6. The van der Waals surface area contributed by atoms with Gasteiger partial charge in [0.1, 0.15) is 0 Å². The van der Waals surface area contributed by atoms with Gasteiger partial charge in [0, 0.05) is 22.2 Å². The molecule has 3 rings (SSSR count). The summed E-state index contributed by atoms with van der Waals surface area (Å²) in [5.74, 6) is -0.108. The van der Waals surface area contributed by atoms with Crippen molar-refractivity contribution in [2.45, 2.75) is 13.8 Å². The van der Waals surface area contributed by atoms with Gasteiger partial charge in [0.25, 0.3) is 5.91 Å². The molecule has 0 unspecified atom stereocenters. The average Bonchev–Trinajstić information content (AvgIpc) is 2.96. The number of nitrogens with zero attached hydrogens (tertiary/aromatic N) is 1. The van der Waals surface area contributed by atoms with Crippen molar-refractivity contribution in [3.05, 3.63) is 70.0 Å². The summed E-state index contributed by atoms with van der Waals surface area (Å²) in [5, 5.41) is 5.98. The van der Waals surface area contributed by atoms with Gasteiger partial charge in [-0.3, -0.25) is 4.79 Å². The highest BCUT2D eigenvalue weighted by Gasteiger charge is 2.10.